The molecule has 1 heterocycles. The SMILES string of the molecule is CC(C)CN(C)C1CC(C)N(COCC2(C)CC2)C1. The van der Waals surface area contributed by atoms with Crippen molar-refractivity contribution in [3.8, 4) is 0 Å². The van der Waals surface area contributed by atoms with Crippen molar-refractivity contribution in [2.45, 2.75) is 59.0 Å². The minimum absolute atomic E-state index is 0.511. The van der Waals surface area contributed by atoms with Gasteiger partial charge in [0.15, 0.2) is 0 Å². The first-order chi connectivity index (χ1) is 8.89. The molecule has 2 rings (SSSR count). The summed E-state index contributed by atoms with van der Waals surface area (Å²) in [4.78, 5) is 5.04. The van der Waals surface area contributed by atoms with Gasteiger partial charge in [-0.2, -0.15) is 0 Å². The zero-order valence-corrected chi connectivity index (χ0v) is 13.5. The highest BCUT2D eigenvalue weighted by Crippen LogP contribution is 2.45. The number of rotatable bonds is 7. The van der Waals surface area contributed by atoms with Crippen LogP contribution in [0.15, 0.2) is 0 Å². The van der Waals surface area contributed by atoms with Crippen molar-refractivity contribution in [3.05, 3.63) is 0 Å². The molecular weight excluding hydrogens is 236 g/mol. The van der Waals surface area contributed by atoms with E-state index in [9.17, 15) is 0 Å². The van der Waals surface area contributed by atoms with Crippen LogP contribution in [0.5, 0.6) is 0 Å². The molecule has 0 aromatic rings. The molecule has 0 aromatic carbocycles. The number of nitrogens with zero attached hydrogens (tertiary/aromatic N) is 2. The van der Waals surface area contributed by atoms with Gasteiger partial charge in [0.2, 0.25) is 0 Å². The fourth-order valence-electron chi connectivity index (χ4n) is 3.06. The van der Waals surface area contributed by atoms with Gasteiger partial charge < -0.3 is 9.64 Å². The number of likely N-dealkylation sites (tertiary alicyclic amines) is 1. The monoisotopic (exact) mass is 268 g/mol. The lowest BCUT2D eigenvalue weighted by Crippen LogP contribution is -2.37. The van der Waals surface area contributed by atoms with E-state index in [1.165, 1.54) is 32.4 Å². The zero-order chi connectivity index (χ0) is 14.0. The summed E-state index contributed by atoms with van der Waals surface area (Å²) in [5.74, 6) is 0.750. The Hall–Kier alpha value is -0.120. The van der Waals surface area contributed by atoms with Gasteiger partial charge in [-0.15, -0.1) is 0 Å². The number of likely N-dealkylation sites (N-methyl/N-ethyl adjacent to an activating group) is 1. The van der Waals surface area contributed by atoms with E-state index in [2.05, 4.69) is 44.5 Å². The normalized spacial score (nSPS) is 30.5. The van der Waals surface area contributed by atoms with Gasteiger partial charge in [-0.05, 0) is 44.6 Å². The Morgan fingerprint density at radius 2 is 2.05 bits per heavy atom. The van der Waals surface area contributed by atoms with Crippen LogP contribution < -0.4 is 0 Å². The van der Waals surface area contributed by atoms with Gasteiger partial charge in [-0.3, -0.25) is 4.90 Å². The van der Waals surface area contributed by atoms with E-state index in [-0.39, 0.29) is 0 Å². The van der Waals surface area contributed by atoms with Crippen LogP contribution in [-0.2, 0) is 4.74 Å². The smallest absolute Gasteiger partial charge is 0.0993 e. The average molecular weight is 268 g/mol. The van der Waals surface area contributed by atoms with Gasteiger partial charge in [0, 0.05) is 25.2 Å². The topological polar surface area (TPSA) is 15.7 Å². The van der Waals surface area contributed by atoms with Gasteiger partial charge >= 0.3 is 0 Å². The Morgan fingerprint density at radius 1 is 1.37 bits per heavy atom. The number of hydrogen-bond donors (Lipinski definition) is 0. The molecule has 1 saturated carbocycles. The summed E-state index contributed by atoms with van der Waals surface area (Å²) in [5.41, 5.74) is 0.511. The summed E-state index contributed by atoms with van der Waals surface area (Å²) in [7, 11) is 2.27. The Kier molecular flexibility index (Phi) is 4.91. The lowest BCUT2D eigenvalue weighted by Gasteiger charge is -2.26. The summed E-state index contributed by atoms with van der Waals surface area (Å²) < 4.78 is 5.93. The van der Waals surface area contributed by atoms with E-state index in [1.807, 2.05) is 0 Å². The molecule has 3 heteroatoms. The first kappa shape index (κ1) is 15.3. The molecule has 0 aromatic heterocycles. The highest BCUT2D eigenvalue weighted by atomic mass is 16.5. The molecule has 2 atom stereocenters. The highest BCUT2D eigenvalue weighted by Gasteiger charge is 2.38. The van der Waals surface area contributed by atoms with Gasteiger partial charge in [-0.25, -0.2) is 0 Å². The second kappa shape index (κ2) is 6.11. The van der Waals surface area contributed by atoms with E-state index in [1.54, 1.807) is 0 Å². The third-order valence-corrected chi connectivity index (χ3v) is 4.77. The maximum atomic E-state index is 5.93. The molecule has 0 amide bonds. The van der Waals surface area contributed by atoms with Crippen LogP contribution in [0.4, 0.5) is 0 Å². The van der Waals surface area contributed by atoms with E-state index in [0.29, 0.717) is 17.5 Å². The fraction of sp³-hybridized carbons (Fsp3) is 1.00. The molecular formula is C16H32N2O. The minimum atomic E-state index is 0.511. The van der Waals surface area contributed by atoms with Gasteiger partial charge in [0.05, 0.1) is 13.3 Å². The fourth-order valence-corrected chi connectivity index (χ4v) is 3.06. The Morgan fingerprint density at radius 3 is 2.63 bits per heavy atom. The molecule has 112 valence electrons. The van der Waals surface area contributed by atoms with Crippen molar-refractivity contribution in [1.82, 2.24) is 9.80 Å². The molecule has 0 bridgehead atoms. The maximum Gasteiger partial charge on any atom is 0.0993 e. The predicted octanol–water partition coefficient (Wildman–Crippen LogP) is 2.81. The third-order valence-electron chi connectivity index (χ3n) is 4.77. The first-order valence-corrected chi connectivity index (χ1v) is 7.92. The summed E-state index contributed by atoms with van der Waals surface area (Å²) in [6.07, 6.45) is 3.98. The number of ether oxygens (including phenoxy) is 1. The van der Waals surface area contributed by atoms with Crippen LogP contribution in [0.3, 0.4) is 0 Å². The zero-order valence-electron chi connectivity index (χ0n) is 13.5. The van der Waals surface area contributed by atoms with Gasteiger partial charge in [0.25, 0.3) is 0 Å². The van der Waals surface area contributed by atoms with Crippen LogP contribution in [0.2, 0.25) is 0 Å². The van der Waals surface area contributed by atoms with Crippen molar-refractivity contribution in [3.63, 3.8) is 0 Å². The van der Waals surface area contributed by atoms with Crippen molar-refractivity contribution < 1.29 is 4.74 Å². The average Bonchev–Trinajstić information content (AvgIpc) is 2.91. The van der Waals surface area contributed by atoms with Crippen LogP contribution in [0.1, 0.15) is 47.0 Å². The Labute approximate surface area is 119 Å². The maximum absolute atomic E-state index is 5.93. The van der Waals surface area contributed by atoms with Crippen molar-refractivity contribution in [2.24, 2.45) is 11.3 Å². The summed E-state index contributed by atoms with van der Waals surface area (Å²) in [6.45, 7) is 13.4. The molecule has 19 heavy (non-hydrogen) atoms. The van der Waals surface area contributed by atoms with Crippen LogP contribution in [0, 0.1) is 11.3 Å². The second-order valence-corrected chi connectivity index (χ2v) is 7.63. The van der Waals surface area contributed by atoms with Crippen LogP contribution >= 0.6 is 0 Å². The standard InChI is InChI=1S/C16H32N2O/c1-13(2)9-17(5)15-8-14(3)18(10-15)12-19-11-16(4)6-7-16/h13-15H,6-12H2,1-5H3. The van der Waals surface area contributed by atoms with Crippen LogP contribution in [0.25, 0.3) is 0 Å². The van der Waals surface area contributed by atoms with E-state index in [0.717, 1.165) is 19.3 Å². The second-order valence-electron chi connectivity index (χ2n) is 7.63. The molecule has 0 spiro atoms. The summed E-state index contributed by atoms with van der Waals surface area (Å²) in [6, 6.07) is 1.36. The molecule has 2 unspecified atom stereocenters. The van der Waals surface area contributed by atoms with Gasteiger partial charge in [-0.1, -0.05) is 20.8 Å². The molecule has 0 radical (unpaired) electrons. The summed E-state index contributed by atoms with van der Waals surface area (Å²) in [5, 5.41) is 0. The molecule has 3 nitrogen and oxygen atoms in total. The molecule has 1 aliphatic heterocycles. The Balaban J connectivity index is 1.70. The first-order valence-electron chi connectivity index (χ1n) is 7.92. The quantitative estimate of drug-likeness (QED) is 0.706. The molecule has 1 saturated heterocycles. The van der Waals surface area contributed by atoms with Crippen molar-refractivity contribution in [1.29, 1.82) is 0 Å². The van der Waals surface area contributed by atoms with E-state index in [4.69, 9.17) is 4.74 Å². The third kappa shape index (κ3) is 4.44. The molecule has 2 aliphatic rings. The molecule has 0 N–H and O–H groups in total. The highest BCUT2D eigenvalue weighted by molar-refractivity contribution is 4.89. The lowest BCUT2D eigenvalue weighted by atomic mass is 10.1. The number of hydrogen-bond acceptors (Lipinski definition) is 3. The van der Waals surface area contributed by atoms with E-state index < -0.39 is 0 Å². The largest absolute Gasteiger partial charge is 0.366 e. The van der Waals surface area contributed by atoms with Gasteiger partial charge in [0.1, 0.15) is 0 Å². The minimum Gasteiger partial charge on any atom is -0.366 e. The molecule has 1 aliphatic carbocycles. The van der Waals surface area contributed by atoms with Crippen molar-refractivity contribution in [2.75, 3.05) is 33.5 Å². The molecule has 2 fully saturated rings. The predicted molar refractivity (Wildman–Crippen MR) is 80.2 cm³/mol. The van der Waals surface area contributed by atoms with E-state index >= 15 is 0 Å². The Bertz CT molecular complexity index is 288. The summed E-state index contributed by atoms with van der Waals surface area (Å²) >= 11 is 0. The lowest BCUT2D eigenvalue weighted by molar-refractivity contribution is 0.00343. The van der Waals surface area contributed by atoms with Crippen LogP contribution in [-0.4, -0.2) is 55.4 Å². The van der Waals surface area contributed by atoms with Crippen molar-refractivity contribution >= 4 is 0 Å².